The average molecular weight is 124 g/mol. The van der Waals surface area contributed by atoms with E-state index in [1.165, 1.54) is 0 Å². The van der Waals surface area contributed by atoms with Crippen molar-refractivity contribution >= 4 is 0 Å². The Kier molecular flexibility index (Phi) is 2.97. The Morgan fingerprint density at radius 2 is 2.44 bits per heavy atom. The summed E-state index contributed by atoms with van der Waals surface area (Å²) in [5.41, 5.74) is -0.429. The predicted octanol–water partition coefficient (Wildman–Crippen LogP) is 1.06. The highest BCUT2D eigenvalue weighted by Gasteiger charge is 2.17. The molecule has 0 aromatic heterocycles. The third kappa shape index (κ3) is 2.29. The first-order valence-corrected chi connectivity index (χ1v) is 2.89. The van der Waals surface area contributed by atoms with Crippen molar-refractivity contribution in [3.05, 3.63) is 12.7 Å². The second-order valence-electron chi connectivity index (χ2n) is 2.19. The van der Waals surface area contributed by atoms with Crippen molar-refractivity contribution in [3.63, 3.8) is 0 Å². The van der Waals surface area contributed by atoms with Gasteiger partial charge in [-0.2, -0.15) is 5.26 Å². The van der Waals surface area contributed by atoms with Crippen molar-refractivity contribution in [2.24, 2.45) is 0 Å². The van der Waals surface area contributed by atoms with E-state index in [1.807, 2.05) is 6.92 Å². The first-order chi connectivity index (χ1) is 4.18. The van der Waals surface area contributed by atoms with Gasteiger partial charge < -0.3 is 5.32 Å². The molecule has 0 spiro atoms. The second-order valence-corrected chi connectivity index (χ2v) is 2.19. The molecule has 0 radical (unpaired) electrons. The zero-order chi connectivity index (χ0) is 7.33. The smallest absolute Gasteiger partial charge is 0.107 e. The Balaban J connectivity index is 3.96. The lowest BCUT2D eigenvalue weighted by Crippen LogP contribution is -2.37. The zero-order valence-electron chi connectivity index (χ0n) is 5.94. The maximum absolute atomic E-state index is 8.56. The van der Waals surface area contributed by atoms with Crippen LogP contribution in [-0.2, 0) is 0 Å². The molecule has 1 N–H and O–H groups in total. The summed E-state index contributed by atoms with van der Waals surface area (Å²) in [6, 6.07) is 2.15. The van der Waals surface area contributed by atoms with Crippen LogP contribution in [0, 0.1) is 11.3 Å². The van der Waals surface area contributed by atoms with Crippen LogP contribution in [0.15, 0.2) is 12.7 Å². The fraction of sp³-hybridized carbons (Fsp3) is 0.571. The third-order valence-electron chi connectivity index (χ3n) is 1.35. The van der Waals surface area contributed by atoms with E-state index in [9.17, 15) is 0 Å². The van der Waals surface area contributed by atoms with Crippen molar-refractivity contribution in [2.75, 3.05) is 7.05 Å². The summed E-state index contributed by atoms with van der Waals surface area (Å²) in [5.74, 6) is 0. The van der Waals surface area contributed by atoms with E-state index in [0.29, 0.717) is 6.42 Å². The first kappa shape index (κ1) is 8.19. The van der Waals surface area contributed by atoms with Crippen LogP contribution in [0.4, 0.5) is 0 Å². The van der Waals surface area contributed by atoms with Crippen LogP contribution < -0.4 is 5.32 Å². The van der Waals surface area contributed by atoms with E-state index in [2.05, 4.69) is 18.0 Å². The summed E-state index contributed by atoms with van der Waals surface area (Å²) in [7, 11) is 1.77. The van der Waals surface area contributed by atoms with Crippen molar-refractivity contribution in [1.29, 1.82) is 5.26 Å². The second kappa shape index (κ2) is 3.26. The highest BCUT2D eigenvalue weighted by atomic mass is 14.9. The molecule has 1 atom stereocenters. The van der Waals surface area contributed by atoms with Crippen molar-refractivity contribution in [2.45, 2.75) is 18.9 Å². The van der Waals surface area contributed by atoms with Gasteiger partial charge in [0.25, 0.3) is 0 Å². The molecule has 0 aliphatic carbocycles. The summed E-state index contributed by atoms with van der Waals surface area (Å²) in [5, 5.41) is 11.5. The summed E-state index contributed by atoms with van der Waals surface area (Å²) in [6.45, 7) is 5.39. The van der Waals surface area contributed by atoms with E-state index < -0.39 is 5.54 Å². The van der Waals surface area contributed by atoms with Gasteiger partial charge in [0.05, 0.1) is 6.07 Å². The van der Waals surface area contributed by atoms with Crippen LogP contribution in [-0.4, -0.2) is 12.6 Å². The molecule has 0 aromatic carbocycles. The minimum absolute atomic E-state index is 0.429. The summed E-state index contributed by atoms with van der Waals surface area (Å²) >= 11 is 0. The Morgan fingerprint density at radius 1 is 1.89 bits per heavy atom. The molecule has 0 amide bonds. The molecule has 0 fully saturated rings. The van der Waals surface area contributed by atoms with Gasteiger partial charge in [0.1, 0.15) is 5.54 Å². The Labute approximate surface area is 56.2 Å². The fourth-order valence-electron chi connectivity index (χ4n) is 0.492. The Hall–Kier alpha value is -0.810. The number of hydrogen-bond acceptors (Lipinski definition) is 2. The van der Waals surface area contributed by atoms with E-state index in [0.717, 1.165) is 0 Å². The first-order valence-electron chi connectivity index (χ1n) is 2.89. The molecule has 0 bridgehead atoms. The molecule has 0 saturated carbocycles. The van der Waals surface area contributed by atoms with Gasteiger partial charge in [-0.15, -0.1) is 6.58 Å². The van der Waals surface area contributed by atoms with Crippen molar-refractivity contribution < 1.29 is 0 Å². The van der Waals surface area contributed by atoms with Crippen LogP contribution in [0.25, 0.3) is 0 Å². The minimum atomic E-state index is -0.429. The van der Waals surface area contributed by atoms with Gasteiger partial charge in [-0.05, 0) is 20.4 Å². The molecule has 50 valence electrons. The summed E-state index contributed by atoms with van der Waals surface area (Å²) < 4.78 is 0. The quantitative estimate of drug-likeness (QED) is 0.571. The molecule has 0 aromatic rings. The van der Waals surface area contributed by atoms with Crippen LogP contribution in [0.3, 0.4) is 0 Å². The molecule has 0 heterocycles. The number of nitriles is 1. The average Bonchev–Trinajstić information content (AvgIpc) is 1.89. The molecule has 1 unspecified atom stereocenters. The number of hydrogen-bond donors (Lipinski definition) is 1. The molecule has 2 heteroatoms. The zero-order valence-corrected chi connectivity index (χ0v) is 5.94. The molecule has 0 aliphatic heterocycles. The van der Waals surface area contributed by atoms with E-state index in [4.69, 9.17) is 5.26 Å². The molecule has 0 saturated heterocycles. The SMILES string of the molecule is C=CCC(C)(C#N)NC. The van der Waals surface area contributed by atoms with E-state index in [-0.39, 0.29) is 0 Å². The van der Waals surface area contributed by atoms with Gasteiger partial charge in [-0.3, -0.25) is 0 Å². The molecular weight excluding hydrogens is 112 g/mol. The van der Waals surface area contributed by atoms with Crippen LogP contribution in [0.2, 0.25) is 0 Å². The third-order valence-corrected chi connectivity index (χ3v) is 1.35. The van der Waals surface area contributed by atoms with E-state index in [1.54, 1.807) is 13.1 Å². The van der Waals surface area contributed by atoms with Crippen LogP contribution >= 0.6 is 0 Å². The lowest BCUT2D eigenvalue weighted by atomic mass is 10.0. The molecule has 0 aliphatic rings. The maximum atomic E-state index is 8.56. The van der Waals surface area contributed by atoms with Gasteiger partial charge in [0.2, 0.25) is 0 Å². The molecule has 2 nitrogen and oxygen atoms in total. The van der Waals surface area contributed by atoms with Crippen molar-refractivity contribution in [1.82, 2.24) is 5.32 Å². The van der Waals surface area contributed by atoms with Gasteiger partial charge in [-0.25, -0.2) is 0 Å². The monoisotopic (exact) mass is 124 g/mol. The fourth-order valence-corrected chi connectivity index (χ4v) is 0.492. The Morgan fingerprint density at radius 3 is 2.56 bits per heavy atom. The topological polar surface area (TPSA) is 35.8 Å². The molecular formula is C7H12N2. The van der Waals surface area contributed by atoms with Gasteiger partial charge in [0, 0.05) is 0 Å². The lowest BCUT2D eigenvalue weighted by Gasteiger charge is -2.17. The largest absolute Gasteiger partial charge is 0.302 e. The van der Waals surface area contributed by atoms with Crippen LogP contribution in [0.5, 0.6) is 0 Å². The number of nitrogens with zero attached hydrogens (tertiary/aromatic N) is 1. The highest BCUT2D eigenvalue weighted by Crippen LogP contribution is 2.06. The predicted molar refractivity (Wildman–Crippen MR) is 37.9 cm³/mol. The maximum Gasteiger partial charge on any atom is 0.107 e. The molecule has 9 heavy (non-hydrogen) atoms. The van der Waals surface area contributed by atoms with Crippen LogP contribution in [0.1, 0.15) is 13.3 Å². The molecule has 0 rings (SSSR count). The minimum Gasteiger partial charge on any atom is -0.302 e. The normalized spacial score (nSPS) is 15.7. The lowest BCUT2D eigenvalue weighted by molar-refractivity contribution is 0.498. The number of nitrogens with one attached hydrogen (secondary N) is 1. The standard InChI is InChI=1S/C7H12N2/c1-4-5-7(2,6-8)9-3/h4,9H,1,5H2,2-3H3. The van der Waals surface area contributed by atoms with E-state index >= 15 is 0 Å². The van der Waals surface area contributed by atoms with Gasteiger partial charge in [0.15, 0.2) is 0 Å². The summed E-state index contributed by atoms with van der Waals surface area (Å²) in [6.07, 6.45) is 2.42. The highest BCUT2D eigenvalue weighted by molar-refractivity contribution is 5.06. The number of rotatable bonds is 3. The summed E-state index contributed by atoms with van der Waals surface area (Å²) in [4.78, 5) is 0. The van der Waals surface area contributed by atoms with Gasteiger partial charge in [-0.1, -0.05) is 6.08 Å². The van der Waals surface area contributed by atoms with Gasteiger partial charge >= 0.3 is 0 Å². The van der Waals surface area contributed by atoms with Crippen molar-refractivity contribution in [3.8, 4) is 6.07 Å². The Bertz CT molecular complexity index is 134.